The highest BCUT2D eigenvalue weighted by atomic mass is 35.5. The molecule has 0 saturated heterocycles. The van der Waals surface area contributed by atoms with E-state index in [-0.39, 0.29) is 25.3 Å². The quantitative estimate of drug-likeness (QED) is 0.0351. The number of benzene rings is 2. The zero-order chi connectivity index (χ0) is 36.8. The normalized spacial score (nSPS) is 14.0. The molecule has 2 aromatic carbocycles. The minimum absolute atomic E-state index is 0.0263. The van der Waals surface area contributed by atoms with E-state index in [0.717, 1.165) is 5.56 Å². The number of nitrogens with zero attached hydrogens (tertiary/aromatic N) is 2. The third-order valence-corrected chi connectivity index (χ3v) is 8.39. The number of nitroso groups, excluding NO2 is 1. The van der Waals surface area contributed by atoms with Gasteiger partial charge < -0.3 is 38.1 Å². The van der Waals surface area contributed by atoms with Gasteiger partial charge in [0.1, 0.15) is 18.1 Å². The summed E-state index contributed by atoms with van der Waals surface area (Å²) < 4.78 is 0. The number of carbonyl (C=O) groups excluding carboxylic acids is 6. The Labute approximate surface area is 293 Å². The minimum Gasteiger partial charge on any atom is -0.368 e. The van der Waals surface area contributed by atoms with E-state index < -0.39 is 71.9 Å². The van der Waals surface area contributed by atoms with E-state index in [1.54, 1.807) is 60.8 Å². The first-order chi connectivity index (χ1) is 23.9. The number of aromatic amines is 1. The molecule has 0 aliphatic rings. The largest absolute Gasteiger partial charge is 0.368 e. The van der Waals surface area contributed by atoms with Gasteiger partial charge in [0.05, 0.1) is 18.3 Å². The van der Waals surface area contributed by atoms with Crippen molar-refractivity contribution >= 4 is 57.9 Å². The van der Waals surface area contributed by atoms with E-state index in [1.807, 2.05) is 6.92 Å². The van der Waals surface area contributed by atoms with Gasteiger partial charge in [0.15, 0.2) is 0 Å². The van der Waals surface area contributed by atoms with Crippen LogP contribution in [0.2, 0.25) is 0 Å². The van der Waals surface area contributed by atoms with Gasteiger partial charge >= 0.3 is 0 Å². The predicted octanol–water partition coefficient (Wildman–Crippen LogP) is 0.405. The van der Waals surface area contributed by atoms with Gasteiger partial charge in [0.2, 0.25) is 29.2 Å². The Morgan fingerprint density at radius 2 is 1.56 bits per heavy atom. The molecule has 0 radical (unpaired) electrons. The van der Waals surface area contributed by atoms with Gasteiger partial charge in [-0.1, -0.05) is 68.3 Å². The van der Waals surface area contributed by atoms with Gasteiger partial charge in [-0.15, -0.1) is 16.5 Å². The van der Waals surface area contributed by atoms with E-state index in [9.17, 15) is 33.7 Å². The van der Waals surface area contributed by atoms with Crippen LogP contribution in [0.3, 0.4) is 0 Å². The number of aromatic nitrogens is 1. The van der Waals surface area contributed by atoms with Gasteiger partial charge in [-0.2, -0.15) is 0 Å². The van der Waals surface area contributed by atoms with Crippen molar-refractivity contribution in [1.82, 2.24) is 25.9 Å². The van der Waals surface area contributed by atoms with Gasteiger partial charge in [0, 0.05) is 35.8 Å². The molecule has 1 heterocycles. The number of primary amides is 3. The molecular formula is C33H42ClN9O7. The number of unbranched alkanes of at least 4 members (excludes halogenated alkanes) is 1. The highest BCUT2D eigenvalue weighted by Crippen LogP contribution is 2.28. The number of hydrogen-bond donors (Lipinski definition) is 7. The number of halogens is 1. The van der Waals surface area contributed by atoms with E-state index >= 15 is 0 Å². The fourth-order valence-corrected chi connectivity index (χ4v) is 5.67. The standard InChI is InChI=1S/C33H42ClN9O7/c1-2-3-12-24(30(47)40-26(29(36)46)17-27(44)39-25(28(35)45)16-20-9-5-4-6-10-20)41-32(49)33(31(37)48,43(42-50)15-14-34)18-21-19-38-23-13-8-7-11-22(21)23/h4-11,13,19,24-26,38H,2-3,12,14-18H2,1H3,(H2,35,45)(H2,36,46)(H2,37,48)(H,39,44)(H,40,47)(H,41,49)/t24-,25-,26-,33+/m0/s1. The molecular weight excluding hydrogens is 670 g/mol. The number of H-pyrrole nitrogens is 1. The van der Waals surface area contributed by atoms with Crippen molar-refractivity contribution in [2.45, 2.75) is 69.1 Å². The molecule has 0 spiro atoms. The van der Waals surface area contributed by atoms with Crippen LogP contribution < -0.4 is 33.2 Å². The predicted molar refractivity (Wildman–Crippen MR) is 186 cm³/mol. The molecule has 1 aromatic heterocycles. The number of nitrogens with two attached hydrogens (primary N) is 3. The second-order valence-electron chi connectivity index (χ2n) is 11.7. The summed E-state index contributed by atoms with van der Waals surface area (Å²) in [7, 11) is 0. The number of nitrogens with one attached hydrogen (secondary N) is 4. The fourth-order valence-electron chi connectivity index (χ4n) is 5.51. The average Bonchev–Trinajstić information content (AvgIpc) is 3.49. The third kappa shape index (κ3) is 9.78. The third-order valence-electron chi connectivity index (χ3n) is 8.22. The maximum atomic E-state index is 14.2. The second-order valence-corrected chi connectivity index (χ2v) is 12.1. The molecule has 0 bridgehead atoms. The lowest BCUT2D eigenvalue weighted by Gasteiger charge is -2.37. The zero-order valence-electron chi connectivity index (χ0n) is 27.5. The van der Waals surface area contributed by atoms with Crippen LogP contribution in [0.4, 0.5) is 0 Å². The summed E-state index contributed by atoms with van der Waals surface area (Å²) in [5, 5.41) is 11.6. The molecule has 268 valence electrons. The van der Waals surface area contributed by atoms with Crippen LogP contribution in [-0.2, 0) is 41.6 Å². The van der Waals surface area contributed by atoms with E-state index in [2.05, 4.69) is 26.2 Å². The summed E-state index contributed by atoms with van der Waals surface area (Å²) in [6.07, 6.45) is 1.59. The summed E-state index contributed by atoms with van der Waals surface area (Å²) in [4.78, 5) is 93.6. The average molecular weight is 712 g/mol. The Hall–Kier alpha value is -5.51. The highest BCUT2D eigenvalue weighted by molar-refractivity contribution is 6.18. The molecule has 0 unspecified atom stereocenters. The molecule has 0 aliphatic heterocycles. The Kier molecular flexibility index (Phi) is 14.3. The van der Waals surface area contributed by atoms with Crippen molar-refractivity contribution in [3.63, 3.8) is 0 Å². The topological polar surface area (TPSA) is 265 Å². The maximum absolute atomic E-state index is 14.2. The lowest BCUT2D eigenvalue weighted by molar-refractivity contribution is -0.147. The number of rotatable bonds is 21. The molecule has 4 atom stereocenters. The number of fused-ring (bicyclic) bond motifs is 1. The lowest BCUT2D eigenvalue weighted by atomic mass is 9.87. The van der Waals surface area contributed by atoms with Gasteiger partial charge in [-0.3, -0.25) is 28.8 Å². The van der Waals surface area contributed by atoms with Crippen molar-refractivity contribution in [2.75, 3.05) is 12.4 Å². The molecule has 17 heteroatoms. The molecule has 3 rings (SSSR count). The first-order valence-electron chi connectivity index (χ1n) is 15.9. The summed E-state index contributed by atoms with van der Waals surface area (Å²) in [5.74, 6) is -6.15. The van der Waals surface area contributed by atoms with Crippen LogP contribution in [0.1, 0.15) is 43.7 Å². The monoisotopic (exact) mass is 711 g/mol. The van der Waals surface area contributed by atoms with Crippen LogP contribution >= 0.6 is 11.6 Å². The SMILES string of the molecule is CCCC[C@H](NC(=O)[C@@](Cc1c[nH]c2ccccc12)(C(N)=O)N(CCCl)N=O)C(=O)N[C@@H](CC(=O)N[C@@H](Cc1ccccc1)C(N)=O)C(N)=O. The Bertz CT molecular complexity index is 1690. The Morgan fingerprint density at radius 1 is 0.900 bits per heavy atom. The second kappa shape index (κ2) is 18.3. The first-order valence-corrected chi connectivity index (χ1v) is 16.5. The zero-order valence-corrected chi connectivity index (χ0v) is 28.3. The van der Waals surface area contributed by atoms with E-state index in [0.29, 0.717) is 34.3 Å². The molecule has 0 fully saturated rings. The first kappa shape index (κ1) is 38.9. The number of alkyl halides is 1. The Balaban J connectivity index is 1.87. The molecule has 3 aromatic rings. The number of carbonyl (C=O) groups is 6. The number of amides is 6. The summed E-state index contributed by atoms with van der Waals surface area (Å²) in [6, 6.07) is 11.8. The molecule has 16 nitrogen and oxygen atoms in total. The molecule has 6 amide bonds. The van der Waals surface area contributed by atoms with Crippen LogP contribution in [0.15, 0.2) is 66.1 Å². The number of hydrogen-bond acceptors (Lipinski definition) is 8. The smallest absolute Gasteiger partial charge is 0.258 e. The van der Waals surface area contributed by atoms with Gasteiger partial charge in [-0.25, -0.2) is 5.01 Å². The van der Waals surface area contributed by atoms with Gasteiger partial charge in [-0.05, 0) is 23.6 Å². The molecule has 0 saturated carbocycles. The van der Waals surface area contributed by atoms with Crippen LogP contribution in [0.5, 0.6) is 0 Å². The van der Waals surface area contributed by atoms with Crippen LogP contribution in [-0.4, -0.2) is 81.5 Å². The highest BCUT2D eigenvalue weighted by Gasteiger charge is 2.52. The fraction of sp³-hybridized carbons (Fsp3) is 0.394. The van der Waals surface area contributed by atoms with E-state index in [1.165, 1.54) is 0 Å². The van der Waals surface area contributed by atoms with Crippen LogP contribution in [0.25, 0.3) is 10.9 Å². The van der Waals surface area contributed by atoms with E-state index in [4.69, 9.17) is 28.8 Å². The molecule has 10 N–H and O–H groups in total. The van der Waals surface area contributed by atoms with Crippen molar-refractivity contribution in [2.24, 2.45) is 22.5 Å². The lowest BCUT2D eigenvalue weighted by Crippen LogP contribution is -2.68. The van der Waals surface area contributed by atoms with Gasteiger partial charge in [0.25, 0.3) is 11.8 Å². The minimum atomic E-state index is -2.43. The summed E-state index contributed by atoms with van der Waals surface area (Å²) in [5.41, 5.74) is 16.3. The maximum Gasteiger partial charge on any atom is 0.258 e. The van der Waals surface area contributed by atoms with Crippen molar-refractivity contribution < 1.29 is 28.8 Å². The van der Waals surface area contributed by atoms with Crippen molar-refractivity contribution in [3.8, 4) is 0 Å². The molecule has 0 aliphatic carbocycles. The van der Waals surface area contributed by atoms with Crippen molar-refractivity contribution in [3.05, 3.63) is 76.8 Å². The summed E-state index contributed by atoms with van der Waals surface area (Å²) in [6.45, 7) is 1.49. The molecule has 50 heavy (non-hydrogen) atoms. The van der Waals surface area contributed by atoms with Crippen molar-refractivity contribution in [1.29, 1.82) is 0 Å². The number of para-hydroxylation sites is 1. The summed E-state index contributed by atoms with van der Waals surface area (Å²) >= 11 is 5.91. The Morgan fingerprint density at radius 3 is 2.16 bits per heavy atom. The van der Waals surface area contributed by atoms with Crippen LogP contribution in [0, 0.1) is 4.91 Å².